The first kappa shape index (κ1) is 23.6. The van der Waals surface area contributed by atoms with Gasteiger partial charge >= 0.3 is 6.03 Å². The van der Waals surface area contributed by atoms with Gasteiger partial charge in [-0.25, -0.2) is 9.78 Å². The van der Waals surface area contributed by atoms with Gasteiger partial charge in [0, 0.05) is 57.7 Å². The highest BCUT2D eigenvalue weighted by Crippen LogP contribution is 2.25. The van der Waals surface area contributed by atoms with Crippen LogP contribution in [0.25, 0.3) is 0 Å². The Labute approximate surface area is 204 Å². The van der Waals surface area contributed by atoms with Crippen molar-refractivity contribution < 1.29 is 4.79 Å². The summed E-state index contributed by atoms with van der Waals surface area (Å²) in [5.41, 5.74) is 1.86. The van der Waals surface area contributed by atoms with Crippen LogP contribution in [0.3, 0.4) is 0 Å². The van der Waals surface area contributed by atoms with Crippen LogP contribution < -0.4 is 5.32 Å². The van der Waals surface area contributed by atoms with Crippen LogP contribution in [-0.2, 0) is 6.54 Å². The van der Waals surface area contributed by atoms with Crippen molar-refractivity contribution >= 4 is 46.5 Å². The Bertz CT molecular complexity index is 918. The molecule has 172 valence electrons. The fourth-order valence-corrected chi connectivity index (χ4v) is 4.89. The summed E-state index contributed by atoms with van der Waals surface area (Å²) in [4.78, 5) is 23.7. The Morgan fingerprint density at radius 3 is 2.53 bits per heavy atom. The van der Waals surface area contributed by atoms with Crippen molar-refractivity contribution in [3.63, 3.8) is 0 Å². The number of likely N-dealkylation sites (tertiary alicyclic amines) is 1. The second-order valence-electron chi connectivity index (χ2n) is 8.58. The first-order chi connectivity index (χ1) is 15.5. The standard InChI is InChI=1S/C23H28Cl3N5O/c24-20-5-4-19(12-21(20)25)28-23(32)31-10-8-29(9-11-31)15-18-2-1-7-30(16-18)14-17-3-6-22(26)27-13-17/h3-6,12-13,18H,1-2,7-11,14-16H2,(H,28,32)/t18-/m0/s1. The molecule has 2 aliphatic heterocycles. The third kappa shape index (κ3) is 6.49. The lowest BCUT2D eigenvalue weighted by molar-refractivity contribution is 0.0984. The molecule has 0 bridgehead atoms. The number of carbonyl (C=O) groups excluding carboxylic acids is 1. The van der Waals surface area contributed by atoms with Crippen molar-refractivity contribution in [2.45, 2.75) is 19.4 Å². The second kappa shape index (κ2) is 11.0. The third-order valence-corrected chi connectivity index (χ3v) is 7.11. The summed E-state index contributed by atoms with van der Waals surface area (Å²) >= 11 is 17.9. The molecule has 2 fully saturated rings. The summed E-state index contributed by atoms with van der Waals surface area (Å²) in [5.74, 6) is 0.653. The Morgan fingerprint density at radius 1 is 1.00 bits per heavy atom. The first-order valence-electron chi connectivity index (χ1n) is 11.0. The van der Waals surface area contributed by atoms with E-state index in [4.69, 9.17) is 34.8 Å². The van der Waals surface area contributed by atoms with Gasteiger partial charge in [0.25, 0.3) is 0 Å². The summed E-state index contributed by atoms with van der Waals surface area (Å²) in [7, 11) is 0. The van der Waals surface area contributed by atoms with Crippen molar-refractivity contribution in [2.75, 3.05) is 51.1 Å². The predicted molar refractivity (Wildman–Crippen MR) is 131 cm³/mol. The zero-order valence-electron chi connectivity index (χ0n) is 17.9. The van der Waals surface area contributed by atoms with Crippen molar-refractivity contribution in [3.05, 3.63) is 57.3 Å². The molecule has 0 saturated carbocycles. The summed E-state index contributed by atoms with van der Waals surface area (Å²) in [6, 6.07) is 8.94. The fraction of sp³-hybridized carbons (Fsp3) is 0.478. The molecule has 0 unspecified atom stereocenters. The van der Waals surface area contributed by atoms with E-state index < -0.39 is 0 Å². The maximum absolute atomic E-state index is 12.6. The normalized spacial score (nSPS) is 20.3. The van der Waals surface area contributed by atoms with Crippen LogP contribution in [0.2, 0.25) is 15.2 Å². The van der Waals surface area contributed by atoms with Crippen LogP contribution >= 0.6 is 34.8 Å². The number of hydrogen-bond donors (Lipinski definition) is 1. The molecule has 1 N–H and O–H groups in total. The highest BCUT2D eigenvalue weighted by atomic mass is 35.5. The Balaban J connectivity index is 1.21. The number of nitrogens with one attached hydrogen (secondary N) is 1. The quantitative estimate of drug-likeness (QED) is 0.585. The minimum Gasteiger partial charge on any atom is -0.322 e. The van der Waals surface area contributed by atoms with Crippen LogP contribution in [0.1, 0.15) is 18.4 Å². The molecular weight excluding hydrogens is 469 g/mol. The highest BCUT2D eigenvalue weighted by molar-refractivity contribution is 6.42. The first-order valence-corrected chi connectivity index (χ1v) is 12.2. The average molecular weight is 497 g/mol. The molecule has 9 heteroatoms. The Hall–Kier alpha value is -1.57. The van der Waals surface area contributed by atoms with Gasteiger partial charge < -0.3 is 10.2 Å². The van der Waals surface area contributed by atoms with Gasteiger partial charge in [-0.3, -0.25) is 9.80 Å². The number of urea groups is 1. The van der Waals surface area contributed by atoms with E-state index in [2.05, 4.69) is 26.2 Å². The number of nitrogens with zero attached hydrogens (tertiary/aromatic N) is 4. The molecule has 32 heavy (non-hydrogen) atoms. The smallest absolute Gasteiger partial charge is 0.321 e. The number of hydrogen-bond acceptors (Lipinski definition) is 4. The van der Waals surface area contributed by atoms with E-state index in [-0.39, 0.29) is 6.03 Å². The topological polar surface area (TPSA) is 51.7 Å². The maximum atomic E-state index is 12.6. The number of carbonyl (C=O) groups is 1. The van der Waals surface area contributed by atoms with E-state index in [1.807, 2.05) is 17.2 Å². The lowest BCUT2D eigenvalue weighted by atomic mass is 9.96. The fourth-order valence-electron chi connectivity index (χ4n) is 4.48. The summed E-state index contributed by atoms with van der Waals surface area (Å²) < 4.78 is 0. The number of rotatable bonds is 5. The van der Waals surface area contributed by atoms with Gasteiger partial charge in [0.1, 0.15) is 5.15 Å². The molecular formula is C23H28Cl3N5O. The molecule has 0 spiro atoms. The number of amides is 2. The van der Waals surface area contributed by atoms with E-state index >= 15 is 0 Å². The number of anilines is 1. The van der Waals surface area contributed by atoms with Gasteiger partial charge in [-0.15, -0.1) is 0 Å². The number of pyridine rings is 1. The summed E-state index contributed by atoms with van der Waals surface area (Å²) in [5, 5.41) is 4.36. The number of piperidine rings is 1. The third-order valence-electron chi connectivity index (χ3n) is 6.14. The van der Waals surface area contributed by atoms with Crippen LogP contribution in [0.15, 0.2) is 36.5 Å². The maximum Gasteiger partial charge on any atom is 0.321 e. The molecule has 4 rings (SSSR count). The molecule has 2 aromatic rings. The van der Waals surface area contributed by atoms with Crippen molar-refractivity contribution in [3.8, 4) is 0 Å². The van der Waals surface area contributed by atoms with Crippen LogP contribution in [-0.4, -0.2) is 71.5 Å². The zero-order valence-corrected chi connectivity index (χ0v) is 20.2. The van der Waals surface area contributed by atoms with Crippen LogP contribution in [0.4, 0.5) is 10.5 Å². The Morgan fingerprint density at radius 2 is 1.81 bits per heavy atom. The number of piperazine rings is 1. The van der Waals surface area contributed by atoms with Crippen LogP contribution in [0, 0.1) is 5.92 Å². The molecule has 1 aromatic carbocycles. The molecule has 1 aromatic heterocycles. The molecule has 2 aliphatic rings. The van der Waals surface area contributed by atoms with E-state index in [9.17, 15) is 4.79 Å². The minimum absolute atomic E-state index is 0.0940. The van der Waals surface area contributed by atoms with Gasteiger partial charge in [0.15, 0.2) is 0 Å². The molecule has 0 radical (unpaired) electrons. The lowest BCUT2D eigenvalue weighted by Gasteiger charge is -2.39. The number of aromatic nitrogens is 1. The van der Waals surface area contributed by atoms with Gasteiger partial charge in [-0.05, 0) is 55.1 Å². The molecule has 6 nitrogen and oxygen atoms in total. The molecule has 2 saturated heterocycles. The number of benzene rings is 1. The van der Waals surface area contributed by atoms with E-state index in [0.29, 0.717) is 26.8 Å². The SMILES string of the molecule is O=C(Nc1ccc(Cl)c(Cl)c1)N1CCN(C[C@@H]2CCCN(Cc3ccc(Cl)nc3)C2)CC1. The van der Waals surface area contributed by atoms with Gasteiger partial charge in [-0.2, -0.15) is 0 Å². The van der Waals surface area contributed by atoms with E-state index in [1.54, 1.807) is 18.2 Å². The molecule has 3 heterocycles. The van der Waals surface area contributed by atoms with E-state index in [1.165, 1.54) is 18.4 Å². The largest absolute Gasteiger partial charge is 0.322 e. The van der Waals surface area contributed by atoms with Gasteiger partial charge in [0.2, 0.25) is 0 Å². The summed E-state index contributed by atoms with van der Waals surface area (Å²) in [6.07, 6.45) is 4.35. The lowest BCUT2D eigenvalue weighted by Crippen LogP contribution is -2.52. The molecule has 0 aliphatic carbocycles. The minimum atomic E-state index is -0.0940. The molecule has 1 atom stereocenters. The van der Waals surface area contributed by atoms with Crippen LogP contribution in [0.5, 0.6) is 0 Å². The van der Waals surface area contributed by atoms with Crippen molar-refractivity contribution in [1.29, 1.82) is 0 Å². The average Bonchev–Trinajstić information content (AvgIpc) is 2.79. The van der Waals surface area contributed by atoms with Gasteiger partial charge in [0.05, 0.1) is 10.0 Å². The monoisotopic (exact) mass is 495 g/mol. The van der Waals surface area contributed by atoms with Crippen molar-refractivity contribution in [2.24, 2.45) is 5.92 Å². The van der Waals surface area contributed by atoms with E-state index in [0.717, 1.165) is 52.4 Å². The number of halogens is 3. The predicted octanol–water partition coefficient (Wildman–Crippen LogP) is 5.10. The summed E-state index contributed by atoms with van der Waals surface area (Å²) in [6.45, 7) is 7.46. The zero-order chi connectivity index (χ0) is 22.5. The highest BCUT2D eigenvalue weighted by Gasteiger charge is 2.26. The molecule has 2 amide bonds. The van der Waals surface area contributed by atoms with Crippen molar-refractivity contribution in [1.82, 2.24) is 19.7 Å². The van der Waals surface area contributed by atoms with Gasteiger partial charge in [-0.1, -0.05) is 40.9 Å². The Kier molecular flexibility index (Phi) is 8.13. The second-order valence-corrected chi connectivity index (χ2v) is 9.78.